The summed E-state index contributed by atoms with van der Waals surface area (Å²) in [5.74, 6) is -0.747. The van der Waals surface area contributed by atoms with Crippen molar-refractivity contribution >= 4 is 29.3 Å². The van der Waals surface area contributed by atoms with Crippen molar-refractivity contribution in [3.8, 4) is 0 Å². The van der Waals surface area contributed by atoms with E-state index in [1.807, 2.05) is 26.0 Å². The highest BCUT2D eigenvalue weighted by Crippen LogP contribution is 2.19. The van der Waals surface area contributed by atoms with Crippen LogP contribution in [0.15, 0.2) is 48.5 Å². The van der Waals surface area contributed by atoms with E-state index >= 15 is 0 Å². The normalized spacial score (nSPS) is 10.6. The van der Waals surface area contributed by atoms with Crippen LogP contribution in [0.3, 0.4) is 0 Å². The van der Waals surface area contributed by atoms with Crippen LogP contribution in [-0.4, -0.2) is 35.2 Å². The van der Waals surface area contributed by atoms with Gasteiger partial charge in [-0.3, -0.25) is 19.7 Å². The third kappa shape index (κ3) is 5.24. The van der Waals surface area contributed by atoms with Crippen molar-refractivity contribution in [3.05, 3.63) is 75.3 Å². The molecule has 0 atom stereocenters. The molecule has 0 saturated carbocycles. The van der Waals surface area contributed by atoms with Gasteiger partial charge in [-0.1, -0.05) is 24.3 Å². The van der Waals surface area contributed by atoms with Crippen LogP contribution in [0.5, 0.6) is 0 Å². The number of nitro groups is 1. The number of carbonyl (C=O) groups is 2. The average Bonchev–Trinajstić information content (AvgIpc) is 2.63. The van der Waals surface area contributed by atoms with E-state index in [1.165, 1.54) is 30.2 Å². The fourth-order valence-electron chi connectivity index (χ4n) is 2.45. The number of nitrogens with one attached hydrogen (secondary N) is 1. The molecule has 0 saturated heterocycles. The molecule has 0 aliphatic rings. The van der Waals surface area contributed by atoms with E-state index in [0.29, 0.717) is 11.3 Å². The first-order chi connectivity index (χ1) is 12.8. The second-order valence-electron chi connectivity index (χ2n) is 6.14. The maximum Gasteiger partial charge on any atom is 0.276 e. The molecule has 7 heteroatoms. The van der Waals surface area contributed by atoms with Gasteiger partial charge in [0, 0.05) is 24.9 Å². The zero-order valence-corrected chi connectivity index (χ0v) is 15.4. The molecule has 2 aromatic rings. The van der Waals surface area contributed by atoms with Gasteiger partial charge in [0.2, 0.25) is 11.8 Å². The van der Waals surface area contributed by atoms with Crippen LogP contribution in [-0.2, 0) is 9.59 Å². The summed E-state index contributed by atoms with van der Waals surface area (Å²) in [5, 5.41) is 13.8. The molecule has 2 aromatic carbocycles. The molecular weight excluding hydrogens is 346 g/mol. The second kappa shape index (κ2) is 8.75. The van der Waals surface area contributed by atoms with E-state index < -0.39 is 10.8 Å². The van der Waals surface area contributed by atoms with Gasteiger partial charge in [0.15, 0.2) is 0 Å². The van der Waals surface area contributed by atoms with Gasteiger partial charge in [-0.2, -0.15) is 0 Å². The minimum absolute atomic E-state index is 0.0862. The SMILES string of the molecule is Cc1cccc(NC(=O)CN(C)C(=O)/C=C/c2ccccc2[N+](=O)[O-])c1C. The van der Waals surface area contributed by atoms with Crippen LogP contribution in [0.1, 0.15) is 16.7 Å². The summed E-state index contributed by atoms with van der Waals surface area (Å²) in [6.07, 6.45) is 2.59. The number of benzene rings is 2. The number of nitrogens with zero attached hydrogens (tertiary/aromatic N) is 2. The molecule has 1 N–H and O–H groups in total. The Labute approximate surface area is 157 Å². The molecule has 2 rings (SSSR count). The molecule has 0 heterocycles. The zero-order chi connectivity index (χ0) is 20.0. The molecule has 0 fully saturated rings. The fourth-order valence-corrected chi connectivity index (χ4v) is 2.45. The van der Waals surface area contributed by atoms with E-state index in [4.69, 9.17) is 0 Å². The van der Waals surface area contributed by atoms with E-state index in [0.717, 1.165) is 11.1 Å². The minimum atomic E-state index is -0.508. The predicted molar refractivity (Wildman–Crippen MR) is 104 cm³/mol. The number of anilines is 1. The number of para-hydroxylation sites is 1. The van der Waals surface area contributed by atoms with Gasteiger partial charge in [0.25, 0.3) is 5.69 Å². The molecular formula is C20H21N3O4. The Morgan fingerprint density at radius 2 is 1.85 bits per heavy atom. The summed E-state index contributed by atoms with van der Waals surface area (Å²) in [4.78, 5) is 36.1. The molecule has 0 spiro atoms. The third-order valence-electron chi connectivity index (χ3n) is 4.17. The Morgan fingerprint density at radius 1 is 1.15 bits per heavy atom. The molecule has 0 unspecified atom stereocenters. The monoisotopic (exact) mass is 367 g/mol. The van der Waals surface area contributed by atoms with Crippen LogP contribution in [0.4, 0.5) is 11.4 Å². The highest BCUT2D eigenvalue weighted by Gasteiger charge is 2.14. The number of amides is 2. The molecule has 2 amide bonds. The molecule has 0 aliphatic carbocycles. The minimum Gasteiger partial charge on any atom is -0.333 e. The lowest BCUT2D eigenvalue weighted by Crippen LogP contribution is -2.34. The number of aryl methyl sites for hydroxylation is 1. The van der Waals surface area contributed by atoms with Crippen molar-refractivity contribution in [1.29, 1.82) is 0 Å². The number of carbonyl (C=O) groups excluding carboxylic acids is 2. The highest BCUT2D eigenvalue weighted by molar-refractivity contribution is 5.98. The summed E-state index contributed by atoms with van der Waals surface area (Å²) in [5.41, 5.74) is 2.97. The van der Waals surface area contributed by atoms with E-state index in [9.17, 15) is 19.7 Å². The van der Waals surface area contributed by atoms with E-state index in [1.54, 1.807) is 24.3 Å². The summed E-state index contributed by atoms with van der Waals surface area (Å²) in [7, 11) is 1.49. The van der Waals surface area contributed by atoms with Crippen LogP contribution in [0.2, 0.25) is 0 Å². The number of rotatable bonds is 6. The van der Waals surface area contributed by atoms with Gasteiger partial charge in [-0.25, -0.2) is 0 Å². The van der Waals surface area contributed by atoms with Gasteiger partial charge in [0.05, 0.1) is 17.0 Å². The molecule has 0 bridgehead atoms. The summed E-state index contributed by atoms with van der Waals surface area (Å²) in [6.45, 7) is 3.73. The van der Waals surface area contributed by atoms with Crippen molar-refractivity contribution in [2.45, 2.75) is 13.8 Å². The van der Waals surface area contributed by atoms with Crippen molar-refractivity contribution in [2.24, 2.45) is 0 Å². The predicted octanol–water partition coefficient (Wildman–Crippen LogP) is 3.32. The van der Waals surface area contributed by atoms with Crippen molar-refractivity contribution in [2.75, 3.05) is 18.9 Å². The lowest BCUT2D eigenvalue weighted by Gasteiger charge is -2.16. The quantitative estimate of drug-likeness (QED) is 0.481. The second-order valence-corrected chi connectivity index (χ2v) is 6.14. The molecule has 7 nitrogen and oxygen atoms in total. The zero-order valence-electron chi connectivity index (χ0n) is 15.4. The van der Waals surface area contributed by atoms with Gasteiger partial charge < -0.3 is 10.2 Å². The maximum atomic E-state index is 12.2. The first-order valence-electron chi connectivity index (χ1n) is 8.32. The van der Waals surface area contributed by atoms with Gasteiger partial charge >= 0.3 is 0 Å². The van der Waals surface area contributed by atoms with E-state index in [2.05, 4.69) is 5.32 Å². The standard InChI is InChI=1S/C20H21N3O4/c1-14-7-6-9-17(15(14)2)21-19(24)13-22(3)20(25)12-11-16-8-4-5-10-18(16)23(26)27/h4-12H,13H2,1-3H3,(H,21,24)/b12-11+. The van der Waals surface area contributed by atoms with Gasteiger partial charge in [-0.15, -0.1) is 0 Å². The van der Waals surface area contributed by atoms with Crippen molar-refractivity contribution in [3.63, 3.8) is 0 Å². The molecule has 140 valence electrons. The summed E-state index contributed by atoms with van der Waals surface area (Å²) >= 11 is 0. The lowest BCUT2D eigenvalue weighted by atomic mass is 10.1. The Balaban J connectivity index is 2.00. The molecule has 0 radical (unpaired) electrons. The molecule has 0 aliphatic heterocycles. The van der Waals surface area contributed by atoms with Gasteiger partial charge in [0.1, 0.15) is 0 Å². The number of hydrogen-bond donors (Lipinski definition) is 1. The molecule has 0 aromatic heterocycles. The summed E-state index contributed by atoms with van der Waals surface area (Å²) in [6, 6.07) is 11.7. The topological polar surface area (TPSA) is 92.6 Å². The first-order valence-corrected chi connectivity index (χ1v) is 8.32. The average molecular weight is 367 g/mol. The largest absolute Gasteiger partial charge is 0.333 e. The summed E-state index contributed by atoms with van der Waals surface area (Å²) < 4.78 is 0. The van der Waals surface area contributed by atoms with Crippen LogP contribution >= 0.6 is 0 Å². The fraction of sp³-hybridized carbons (Fsp3) is 0.200. The first kappa shape index (κ1) is 19.8. The third-order valence-corrected chi connectivity index (χ3v) is 4.17. The Hall–Kier alpha value is -3.48. The molecule has 27 heavy (non-hydrogen) atoms. The Bertz CT molecular complexity index is 906. The van der Waals surface area contributed by atoms with Crippen molar-refractivity contribution < 1.29 is 14.5 Å². The lowest BCUT2D eigenvalue weighted by molar-refractivity contribution is -0.385. The van der Waals surface area contributed by atoms with Gasteiger partial charge in [-0.05, 0) is 43.2 Å². The highest BCUT2D eigenvalue weighted by atomic mass is 16.6. The maximum absolute atomic E-state index is 12.2. The van der Waals surface area contributed by atoms with Crippen LogP contribution in [0, 0.1) is 24.0 Å². The Kier molecular flexibility index (Phi) is 6.43. The van der Waals surface area contributed by atoms with E-state index in [-0.39, 0.29) is 18.1 Å². The number of likely N-dealkylation sites (N-methyl/N-ethyl adjacent to an activating group) is 1. The number of hydrogen-bond acceptors (Lipinski definition) is 4. The smallest absolute Gasteiger partial charge is 0.276 e. The Morgan fingerprint density at radius 3 is 2.56 bits per heavy atom. The van der Waals surface area contributed by atoms with Crippen molar-refractivity contribution in [1.82, 2.24) is 4.90 Å². The van der Waals surface area contributed by atoms with Crippen LogP contribution < -0.4 is 5.32 Å². The number of nitro benzene ring substituents is 1. The van der Waals surface area contributed by atoms with Crippen LogP contribution in [0.25, 0.3) is 6.08 Å².